The van der Waals surface area contributed by atoms with E-state index in [0.717, 1.165) is 6.44 Å². The molecule has 1 aromatic carbocycles. The zero-order chi connectivity index (χ0) is 9.54. The molecular weight excluding hydrogens is 171 g/mol. The van der Waals surface area contributed by atoms with Gasteiger partial charge in [-0.1, -0.05) is 18.2 Å². The van der Waals surface area contributed by atoms with Crippen molar-refractivity contribution >= 4 is 24.0 Å². The Morgan fingerprint density at radius 1 is 1.29 bits per heavy atom. The van der Waals surface area contributed by atoms with Crippen LogP contribution in [0.25, 0.3) is 10.8 Å². The maximum atomic E-state index is 2.27. The van der Waals surface area contributed by atoms with Crippen molar-refractivity contribution in [3.63, 3.8) is 0 Å². The summed E-state index contributed by atoms with van der Waals surface area (Å²) in [6.07, 6.45) is 3.12. The normalized spacial score (nSPS) is 14.2. The number of rotatable bonds is 0. The van der Waals surface area contributed by atoms with E-state index in [9.17, 15) is 0 Å². The zero-order valence-electron chi connectivity index (χ0n) is 8.14. The van der Waals surface area contributed by atoms with Gasteiger partial charge in [0.2, 0.25) is 0 Å². The first-order valence-corrected chi connectivity index (χ1v) is 4.83. The Balaban J connectivity index is 2.41. The second-order valence-electron chi connectivity index (χ2n) is 3.70. The molecule has 1 aromatic heterocycles. The molecule has 0 fully saturated rings. The second-order valence-corrected chi connectivity index (χ2v) is 3.70. The summed E-state index contributed by atoms with van der Waals surface area (Å²) in [5.41, 5.74) is 0. The van der Waals surface area contributed by atoms with Gasteiger partial charge in [-0.2, -0.15) is 0 Å². The molecular formula is C11H11BN2+. The molecule has 0 N–H and O–H groups in total. The number of benzene rings is 1. The molecule has 0 atom stereocenters. The Kier molecular flexibility index (Phi) is 1.54. The van der Waals surface area contributed by atoms with Crippen LogP contribution in [-0.2, 0) is 0 Å². The average Bonchev–Trinajstić information content (AvgIpc) is 2.61. The number of anilines is 1. The van der Waals surface area contributed by atoms with Crippen LogP contribution in [0.2, 0.25) is 0 Å². The third kappa shape index (κ3) is 0.954. The Labute approximate surface area is 84.0 Å². The summed E-state index contributed by atoms with van der Waals surface area (Å²) in [5, 5.41) is 2.63. The molecule has 0 bridgehead atoms. The molecule has 2 aromatic rings. The SMILES string of the molecule is CN1C[B][n+]2ccc3ccccc3c21. The fourth-order valence-electron chi connectivity index (χ4n) is 2.06. The summed E-state index contributed by atoms with van der Waals surface area (Å²) >= 11 is 0. The van der Waals surface area contributed by atoms with E-state index in [-0.39, 0.29) is 0 Å². The van der Waals surface area contributed by atoms with Gasteiger partial charge in [0.05, 0.1) is 18.6 Å². The highest BCUT2D eigenvalue weighted by atomic mass is 15.2. The topological polar surface area (TPSA) is 7.12 Å². The van der Waals surface area contributed by atoms with Gasteiger partial charge in [0.25, 0.3) is 5.82 Å². The highest BCUT2D eigenvalue weighted by Crippen LogP contribution is 2.23. The van der Waals surface area contributed by atoms with Gasteiger partial charge >= 0.3 is 7.41 Å². The van der Waals surface area contributed by atoms with E-state index in [1.165, 1.54) is 16.6 Å². The number of pyridine rings is 1. The van der Waals surface area contributed by atoms with Crippen LogP contribution < -0.4 is 9.38 Å². The lowest BCUT2D eigenvalue weighted by atomic mass is 9.96. The van der Waals surface area contributed by atoms with E-state index in [1.807, 2.05) is 0 Å². The van der Waals surface area contributed by atoms with E-state index in [4.69, 9.17) is 0 Å². The quantitative estimate of drug-likeness (QED) is 0.551. The third-order valence-corrected chi connectivity index (χ3v) is 2.77. The van der Waals surface area contributed by atoms with Crippen molar-refractivity contribution < 1.29 is 4.48 Å². The molecule has 1 aliphatic heterocycles. The predicted molar refractivity (Wildman–Crippen MR) is 58.6 cm³/mol. The standard InChI is InChI=1S/C11H11BN2/c1-13-8-12-14-7-6-9-4-2-3-5-10(9)11(13)14/h2-7H,8H2,1H3/q+1. The lowest BCUT2D eigenvalue weighted by molar-refractivity contribution is -0.507. The predicted octanol–water partition coefficient (Wildman–Crippen LogP) is 1.00. The molecule has 1 radical (unpaired) electrons. The van der Waals surface area contributed by atoms with Crippen molar-refractivity contribution in [3.8, 4) is 0 Å². The maximum Gasteiger partial charge on any atom is 0.443 e. The molecule has 0 spiro atoms. The smallest absolute Gasteiger partial charge is 0.296 e. The molecule has 67 valence electrons. The van der Waals surface area contributed by atoms with E-state index < -0.39 is 0 Å². The monoisotopic (exact) mass is 182 g/mol. The first-order valence-electron chi connectivity index (χ1n) is 4.83. The highest BCUT2D eigenvalue weighted by Gasteiger charge is 2.27. The van der Waals surface area contributed by atoms with E-state index in [1.54, 1.807) is 0 Å². The van der Waals surface area contributed by atoms with Crippen molar-refractivity contribution in [2.75, 3.05) is 18.4 Å². The molecule has 0 unspecified atom stereocenters. The summed E-state index contributed by atoms with van der Waals surface area (Å²) in [7, 11) is 4.32. The van der Waals surface area contributed by atoms with Crippen LogP contribution in [0.4, 0.5) is 5.82 Å². The van der Waals surface area contributed by atoms with Crippen molar-refractivity contribution in [2.24, 2.45) is 0 Å². The molecule has 14 heavy (non-hydrogen) atoms. The minimum atomic E-state index is 0.994. The van der Waals surface area contributed by atoms with Crippen LogP contribution in [0, 0.1) is 0 Å². The van der Waals surface area contributed by atoms with Gasteiger partial charge in [-0.25, -0.2) is 0 Å². The van der Waals surface area contributed by atoms with Crippen LogP contribution in [0.15, 0.2) is 36.5 Å². The molecule has 0 aliphatic carbocycles. The summed E-state index contributed by atoms with van der Waals surface area (Å²) in [6.45, 7) is 0. The molecule has 0 saturated carbocycles. The fraction of sp³-hybridized carbons (Fsp3) is 0.182. The van der Waals surface area contributed by atoms with Gasteiger partial charge in [0.15, 0.2) is 0 Å². The maximum absolute atomic E-state index is 2.27. The van der Waals surface area contributed by atoms with Gasteiger partial charge in [-0.3, -0.25) is 9.38 Å². The lowest BCUT2D eigenvalue weighted by Gasteiger charge is -2.06. The Morgan fingerprint density at radius 2 is 2.14 bits per heavy atom. The molecule has 3 rings (SSSR count). The van der Waals surface area contributed by atoms with Crippen LogP contribution >= 0.6 is 0 Å². The molecule has 3 heteroatoms. The van der Waals surface area contributed by atoms with Gasteiger partial charge in [0.1, 0.15) is 6.44 Å². The van der Waals surface area contributed by atoms with Crippen LogP contribution in [0.5, 0.6) is 0 Å². The van der Waals surface area contributed by atoms with Crippen molar-refractivity contribution in [3.05, 3.63) is 36.5 Å². The Bertz CT molecular complexity index is 496. The summed E-state index contributed by atoms with van der Waals surface area (Å²) in [6, 6.07) is 10.7. The van der Waals surface area contributed by atoms with E-state index >= 15 is 0 Å². The molecule has 0 amide bonds. The minimum absolute atomic E-state index is 0.994. The summed E-state index contributed by atoms with van der Waals surface area (Å²) < 4.78 is 2.20. The Hall–Kier alpha value is -1.51. The number of nitrogens with zero attached hydrogens (tertiary/aromatic N) is 2. The zero-order valence-corrected chi connectivity index (χ0v) is 8.14. The Morgan fingerprint density at radius 3 is 3.07 bits per heavy atom. The third-order valence-electron chi connectivity index (χ3n) is 2.77. The second kappa shape index (κ2) is 2.74. The van der Waals surface area contributed by atoms with Gasteiger partial charge < -0.3 is 0 Å². The number of hydrogen-bond acceptors (Lipinski definition) is 1. The number of fused-ring (bicyclic) bond motifs is 3. The number of aromatic nitrogens is 1. The molecule has 2 nitrogen and oxygen atoms in total. The van der Waals surface area contributed by atoms with E-state index in [2.05, 4.69) is 60.4 Å². The molecule has 0 saturated heterocycles. The summed E-state index contributed by atoms with van der Waals surface area (Å²) in [4.78, 5) is 2.27. The van der Waals surface area contributed by atoms with Crippen LogP contribution in [0.1, 0.15) is 0 Å². The largest absolute Gasteiger partial charge is 0.443 e. The number of hydrogen-bond donors (Lipinski definition) is 0. The first kappa shape index (κ1) is 7.86. The molecule has 1 aliphatic rings. The fourth-order valence-corrected chi connectivity index (χ4v) is 2.06. The van der Waals surface area contributed by atoms with Gasteiger partial charge in [-0.05, 0) is 17.5 Å². The van der Waals surface area contributed by atoms with E-state index in [0.29, 0.717) is 0 Å². The van der Waals surface area contributed by atoms with Gasteiger partial charge in [0, 0.05) is 0 Å². The first-order chi connectivity index (χ1) is 6.86. The lowest BCUT2D eigenvalue weighted by Crippen LogP contribution is -2.36. The van der Waals surface area contributed by atoms with Gasteiger partial charge in [-0.15, -0.1) is 0 Å². The highest BCUT2D eigenvalue weighted by molar-refractivity contribution is 6.28. The van der Waals surface area contributed by atoms with Crippen molar-refractivity contribution in [2.45, 2.75) is 0 Å². The molecule has 2 heterocycles. The summed E-state index contributed by atoms with van der Waals surface area (Å²) in [5.74, 6) is 1.29. The average molecular weight is 182 g/mol. The minimum Gasteiger partial charge on any atom is -0.296 e. The van der Waals surface area contributed by atoms with Crippen molar-refractivity contribution in [1.82, 2.24) is 0 Å². The van der Waals surface area contributed by atoms with Crippen LogP contribution in [0.3, 0.4) is 0 Å². The van der Waals surface area contributed by atoms with Crippen LogP contribution in [-0.4, -0.2) is 20.9 Å². The van der Waals surface area contributed by atoms with Crippen molar-refractivity contribution in [1.29, 1.82) is 0 Å².